The maximum Gasteiger partial charge on any atom is 0.343 e. The fraction of sp³-hybridized carbons (Fsp3) is 0.286. The Bertz CT molecular complexity index is 548. The highest BCUT2D eigenvalue weighted by Crippen LogP contribution is 2.34. The molecule has 0 heterocycles. The van der Waals surface area contributed by atoms with Crippen molar-refractivity contribution in [3.63, 3.8) is 0 Å². The second-order valence-corrected chi connectivity index (χ2v) is 4.18. The van der Waals surface area contributed by atoms with Gasteiger partial charge in [-0.25, -0.2) is 4.79 Å². The highest BCUT2D eigenvalue weighted by atomic mass is 35.5. The molecule has 108 valence electrons. The number of benzene rings is 1. The summed E-state index contributed by atoms with van der Waals surface area (Å²) in [5.74, 6) is -0.422. The summed E-state index contributed by atoms with van der Waals surface area (Å²) in [4.78, 5) is 15.7. The number of para-hydroxylation sites is 1. The van der Waals surface area contributed by atoms with Crippen LogP contribution in [0.2, 0.25) is 5.02 Å². The number of hydrogen-bond donors (Lipinski definition) is 1. The molecule has 0 saturated carbocycles. The molecule has 0 radical (unpaired) electrons. The van der Waals surface area contributed by atoms with E-state index in [-0.39, 0.29) is 17.9 Å². The minimum absolute atomic E-state index is 0.0196. The van der Waals surface area contributed by atoms with Crippen molar-refractivity contribution < 1.29 is 19.4 Å². The zero-order valence-electron chi connectivity index (χ0n) is 11.5. The van der Waals surface area contributed by atoms with E-state index in [0.29, 0.717) is 16.5 Å². The van der Waals surface area contributed by atoms with Gasteiger partial charge in [-0.1, -0.05) is 17.7 Å². The Hall–Kier alpha value is -2.01. The van der Waals surface area contributed by atoms with Crippen LogP contribution >= 0.6 is 11.6 Å². The molecule has 1 N–H and O–H groups in total. The number of nitrogens with zero attached hydrogens (tertiary/aromatic N) is 1. The maximum absolute atomic E-state index is 11.6. The topological polar surface area (TPSA) is 68.1 Å². The van der Waals surface area contributed by atoms with Crippen LogP contribution in [0.4, 0.5) is 5.69 Å². The largest absolute Gasteiger partial charge is 0.512 e. The molecular weight excluding hydrogens is 282 g/mol. The van der Waals surface area contributed by atoms with Crippen LogP contribution in [-0.4, -0.2) is 31.0 Å². The summed E-state index contributed by atoms with van der Waals surface area (Å²) in [7, 11) is 1.47. The molecule has 0 amide bonds. The van der Waals surface area contributed by atoms with E-state index in [1.807, 2.05) is 0 Å². The van der Waals surface area contributed by atoms with Crippen LogP contribution in [0.15, 0.2) is 34.5 Å². The number of carbonyl (C=O) groups excluding carboxylic acids is 1. The lowest BCUT2D eigenvalue weighted by atomic mass is 10.2. The van der Waals surface area contributed by atoms with Gasteiger partial charge in [-0.05, 0) is 26.0 Å². The van der Waals surface area contributed by atoms with Crippen molar-refractivity contribution in [2.75, 3.05) is 13.7 Å². The molecule has 6 heteroatoms. The van der Waals surface area contributed by atoms with E-state index >= 15 is 0 Å². The first-order chi connectivity index (χ1) is 9.51. The summed E-state index contributed by atoms with van der Waals surface area (Å²) in [5.41, 5.74) is 0.428. The van der Waals surface area contributed by atoms with Crippen LogP contribution in [0.1, 0.15) is 13.8 Å². The fourth-order valence-corrected chi connectivity index (χ4v) is 1.68. The van der Waals surface area contributed by atoms with Crippen LogP contribution in [0, 0.1) is 0 Å². The average Bonchev–Trinajstić information content (AvgIpc) is 2.39. The Morgan fingerprint density at radius 2 is 2.20 bits per heavy atom. The molecule has 0 aromatic heterocycles. The Morgan fingerprint density at radius 3 is 2.75 bits per heavy atom. The SMILES string of the molecule is CCOC(=O)C(C=Nc1cccc(Cl)c1OC)=C(C)O. The molecule has 0 fully saturated rings. The first-order valence-electron chi connectivity index (χ1n) is 5.94. The molecule has 0 atom stereocenters. The number of hydrogen-bond acceptors (Lipinski definition) is 5. The first-order valence-corrected chi connectivity index (χ1v) is 6.32. The second-order valence-electron chi connectivity index (χ2n) is 3.77. The molecule has 0 unspecified atom stereocenters. The van der Waals surface area contributed by atoms with Gasteiger partial charge in [0.05, 0.1) is 18.7 Å². The molecule has 0 saturated heterocycles. The second kappa shape index (κ2) is 7.55. The molecule has 5 nitrogen and oxygen atoms in total. The lowest BCUT2D eigenvalue weighted by Crippen LogP contribution is -2.10. The maximum atomic E-state index is 11.6. The van der Waals surface area contributed by atoms with Gasteiger partial charge >= 0.3 is 5.97 Å². The summed E-state index contributed by atoms with van der Waals surface area (Å²) >= 11 is 5.97. The van der Waals surface area contributed by atoms with Crippen LogP contribution < -0.4 is 4.74 Å². The van der Waals surface area contributed by atoms with Crippen LogP contribution in [0.25, 0.3) is 0 Å². The zero-order valence-corrected chi connectivity index (χ0v) is 12.3. The van der Waals surface area contributed by atoms with Gasteiger partial charge in [0, 0.05) is 6.21 Å². The highest BCUT2D eigenvalue weighted by molar-refractivity contribution is 6.32. The number of rotatable bonds is 5. The quantitative estimate of drug-likeness (QED) is 0.391. The van der Waals surface area contributed by atoms with Crippen molar-refractivity contribution in [1.82, 2.24) is 0 Å². The van der Waals surface area contributed by atoms with Crippen molar-refractivity contribution in [1.29, 1.82) is 0 Å². The van der Waals surface area contributed by atoms with Crippen molar-refractivity contribution >= 4 is 29.5 Å². The predicted molar refractivity (Wildman–Crippen MR) is 78.1 cm³/mol. The summed E-state index contributed by atoms with van der Waals surface area (Å²) in [6.45, 7) is 3.27. The molecular formula is C14H16ClNO4. The molecule has 0 spiro atoms. The van der Waals surface area contributed by atoms with Gasteiger partial charge in [0.25, 0.3) is 0 Å². The van der Waals surface area contributed by atoms with Crippen molar-refractivity contribution in [2.45, 2.75) is 13.8 Å². The summed E-state index contributed by atoms with van der Waals surface area (Å²) in [5, 5.41) is 9.91. The monoisotopic (exact) mass is 297 g/mol. The normalized spacial score (nSPS) is 12.2. The zero-order chi connectivity index (χ0) is 15.1. The van der Waals surface area contributed by atoms with Crippen molar-refractivity contribution in [3.8, 4) is 5.75 Å². The van der Waals surface area contributed by atoms with Crippen LogP contribution in [0.3, 0.4) is 0 Å². The molecule has 1 aromatic rings. The molecule has 0 aliphatic rings. The summed E-state index contributed by atoms with van der Waals surface area (Å²) in [6, 6.07) is 5.05. The van der Waals surface area contributed by atoms with Crippen molar-refractivity contribution in [3.05, 3.63) is 34.6 Å². The van der Waals surface area contributed by atoms with E-state index in [1.165, 1.54) is 20.2 Å². The first kappa shape index (κ1) is 16.0. The molecule has 0 aliphatic heterocycles. The van der Waals surface area contributed by atoms with E-state index in [9.17, 15) is 9.90 Å². The number of halogens is 1. The third kappa shape index (κ3) is 3.99. The Balaban J connectivity index is 3.10. The summed E-state index contributed by atoms with van der Waals surface area (Å²) < 4.78 is 9.97. The smallest absolute Gasteiger partial charge is 0.343 e. The number of aliphatic hydroxyl groups excluding tert-OH is 1. The van der Waals surface area contributed by atoms with E-state index in [2.05, 4.69) is 4.99 Å². The third-order valence-corrected chi connectivity index (χ3v) is 2.67. The Labute approximate surface area is 122 Å². The van der Waals surface area contributed by atoms with E-state index in [0.717, 1.165) is 0 Å². The minimum atomic E-state index is -0.641. The number of ether oxygens (including phenoxy) is 2. The van der Waals surface area contributed by atoms with E-state index in [4.69, 9.17) is 21.1 Å². The van der Waals surface area contributed by atoms with Gasteiger partial charge < -0.3 is 14.6 Å². The van der Waals surface area contributed by atoms with Gasteiger partial charge in [0.1, 0.15) is 17.0 Å². The van der Waals surface area contributed by atoms with Gasteiger partial charge in [-0.3, -0.25) is 4.99 Å². The average molecular weight is 298 g/mol. The van der Waals surface area contributed by atoms with Gasteiger partial charge in [-0.15, -0.1) is 0 Å². The fourth-order valence-electron chi connectivity index (χ4n) is 1.44. The van der Waals surface area contributed by atoms with Crippen molar-refractivity contribution in [2.24, 2.45) is 4.99 Å². The van der Waals surface area contributed by atoms with E-state index < -0.39 is 5.97 Å². The van der Waals surface area contributed by atoms with Gasteiger partial charge in [-0.2, -0.15) is 0 Å². The number of esters is 1. The number of aliphatic imine (C=N–C) groups is 1. The third-order valence-electron chi connectivity index (χ3n) is 2.37. The standard InChI is InChI=1S/C14H16ClNO4/c1-4-20-14(18)10(9(2)17)8-16-12-7-5-6-11(15)13(12)19-3/h5-8,17H,4H2,1-3H3. The molecule has 0 bridgehead atoms. The lowest BCUT2D eigenvalue weighted by molar-refractivity contribution is -0.138. The van der Waals surface area contributed by atoms with E-state index in [1.54, 1.807) is 25.1 Å². The van der Waals surface area contributed by atoms with Gasteiger partial charge in [0.2, 0.25) is 0 Å². The predicted octanol–water partition coefficient (Wildman–Crippen LogP) is 3.45. The number of carbonyl (C=O) groups is 1. The molecule has 0 aliphatic carbocycles. The van der Waals surface area contributed by atoms with Gasteiger partial charge in [0.15, 0.2) is 5.75 Å². The Morgan fingerprint density at radius 1 is 1.50 bits per heavy atom. The number of allylic oxidation sites excluding steroid dienone is 1. The number of methoxy groups -OCH3 is 1. The van der Waals surface area contributed by atoms with Crippen LogP contribution in [0.5, 0.6) is 5.75 Å². The minimum Gasteiger partial charge on any atom is -0.512 e. The lowest BCUT2D eigenvalue weighted by Gasteiger charge is -2.06. The molecule has 1 aromatic carbocycles. The highest BCUT2D eigenvalue weighted by Gasteiger charge is 2.13. The number of aliphatic hydroxyl groups is 1. The molecule has 20 heavy (non-hydrogen) atoms. The van der Waals surface area contributed by atoms with Crippen LogP contribution in [-0.2, 0) is 9.53 Å². The molecule has 1 rings (SSSR count). The Kier molecular flexibility index (Phi) is 6.06. The summed E-state index contributed by atoms with van der Waals surface area (Å²) in [6.07, 6.45) is 1.22.